The summed E-state index contributed by atoms with van der Waals surface area (Å²) in [5.41, 5.74) is 10.6. The van der Waals surface area contributed by atoms with Crippen LogP contribution in [0, 0.1) is 6.92 Å². The minimum atomic E-state index is -0.111. The van der Waals surface area contributed by atoms with Crippen LogP contribution < -0.4 is 11.1 Å². The number of hydrogen-bond acceptors (Lipinski definition) is 7. The molecule has 33 heavy (non-hydrogen) atoms. The molecule has 0 saturated carbocycles. The van der Waals surface area contributed by atoms with Crippen molar-refractivity contribution >= 4 is 56.1 Å². The Morgan fingerprint density at radius 3 is 2.94 bits per heavy atom. The van der Waals surface area contributed by atoms with E-state index < -0.39 is 0 Å². The van der Waals surface area contributed by atoms with Crippen molar-refractivity contribution < 1.29 is 9.53 Å². The number of nitrogens with zero attached hydrogens (tertiary/aromatic N) is 2. The third kappa shape index (κ3) is 4.68. The topological polar surface area (TPSA) is 80.5 Å². The molecule has 1 amide bonds. The van der Waals surface area contributed by atoms with Gasteiger partial charge in [-0.25, -0.2) is 4.98 Å². The second-order valence-electron chi connectivity index (χ2n) is 8.54. The fourth-order valence-corrected chi connectivity index (χ4v) is 6.88. The summed E-state index contributed by atoms with van der Waals surface area (Å²) in [5.74, 6) is 0.267. The van der Waals surface area contributed by atoms with Crippen molar-refractivity contribution in [2.75, 3.05) is 31.6 Å². The maximum absolute atomic E-state index is 12.9. The third-order valence-corrected chi connectivity index (χ3v) is 8.93. The predicted molar refractivity (Wildman–Crippen MR) is 136 cm³/mol. The molecular formula is C24H27ClN4O2S2. The minimum absolute atomic E-state index is 0.105. The Kier molecular flexibility index (Phi) is 6.72. The quantitative estimate of drug-likeness (QED) is 0.484. The second-order valence-corrected chi connectivity index (χ2v) is 11.0. The first kappa shape index (κ1) is 22.8. The summed E-state index contributed by atoms with van der Waals surface area (Å²) < 4.78 is 6.48. The number of allylic oxidation sites excluding steroid dienone is 1. The number of pyridine rings is 1. The number of aromatic nitrogens is 1. The number of ether oxygens (including phenoxy) is 1. The molecule has 0 radical (unpaired) electrons. The largest absolute Gasteiger partial charge is 0.379 e. The number of aryl methyl sites for hydroxylation is 1. The lowest BCUT2D eigenvalue weighted by molar-refractivity contribution is -0.131. The van der Waals surface area contributed by atoms with Gasteiger partial charge in [-0.3, -0.25) is 4.79 Å². The fraction of sp³-hybridized carbons (Fsp3) is 0.417. The van der Waals surface area contributed by atoms with Gasteiger partial charge in [-0.2, -0.15) is 0 Å². The third-order valence-electron chi connectivity index (χ3n) is 6.41. The van der Waals surface area contributed by atoms with Crippen molar-refractivity contribution in [3.8, 4) is 0 Å². The Bertz CT molecular complexity index is 1190. The van der Waals surface area contributed by atoms with Crippen molar-refractivity contribution in [2.24, 2.45) is 5.73 Å². The van der Waals surface area contributed by atoms with Gasteiger partial charge in [0.25, 0.3) is 0 Å². The van der Waals surface area contributed by atoms with E-state index in [0.29, 0.717) is 37.9 Å². The lowest BCUT2D eigenvalue weighted by atomic mass is 9.83. The normalized spacial score (nSPS) is 21.3. The zero-order valence-electron chi connectivity index (χ0n) is 18.5. The molecule has 1 aliphatic heterocycles. The number of amides is 1. The van der Waals surface area contributed by atoms with Crippen LogP contribution >= 0.6 is 34.3 Å². The Morgan fingerprint density at radius 1 is 1.39 bits per heavy atom. The first-order valence-electron chi connectivity index (χ1n) is 11.2. The number of carbonyl (C=O) groups excluding carboxylic acids is 1. The van der Waals surface area contributed by atoms with E-state index in [4.69, 9.17) is 22.1 Å². The number of nitrogens with two attached hydrogens (primary N) is 1. The predicted octanol–water partition coefficient (Wildman–Crippen LogP) is 4.92. The Hall–Kier alpha value is -1.97. The number of rotatable bonds is 5. The average molecular weight is 503 g/mol. The van der Waals surface area contributed by atoms with Gasteiger partial charge < -0.3 is 20.7 Å². The van der Waals surface area contributed by atoms with Crippen LogP contribution in [0.3, 0.4) is 0 Å². The number of halogens is 1. The van der Waals surface area contributed by atoms with E-state index in [1.807, 2.05) is 11.0 Å². The number of anilines is 1. The standard InChI is InChI=1S/C24H27ClN4O2S2/c1-14-21-23(19(12-20(25)28-21)27-13-16-3-2-10-32-16)33-22(14)17-5-4-15(11-18(17)26)24(30)29-6-8-31-9-7-29/h2-4,10,12,17-18H,5-9,11,13,26H2,1H3,(H,27,28)/t17-,18-/m0/s1. The highest BCUT2D eigenvalue weighted by molar-refractivity contribution is 7.20. The number of thiophene rings is 2. The van der Waals surface area contributed by atoms with E-state index in [1.165, 1.54) is 9.75 Å². The molecule has 3 aromatic rings. The van der Waals surface area contributed by atoms with Crippen LogP contribution in [0.4, 0.5) is 5.69 Å². The van der Waals surface area contributed by atoms with Gasteiger partial charge in [0.05, 0.1) is 29.1 Å². The van der Waals surface area contributed by atoms with Gasteiger partial charge in [0.1, 0.15) is 5.15 Å². The maximum Gasteiger partial charge on any atom is 0.249 e. The summed E-state index contributed by atoms with van der Waals surface area (Å²) >= 11 is 9.85. The summed E-state index contributed by atoms with van der Waals surface area (Å²) in [5, 5.41) is 6.10. The van der Waals surface area contributed by atoms with Gasteiger partial charge in [-0.1, -0.05) is 23.7 Å². The zero-order chi connectivity index (χ0) is 22.9. The SMILES string of the molecule is Cc1c([C@H]2CC=C(C(=O)N3CCOCC3)C[C@@H]2N)sc2c(NCc3cccs3)cc(Cl)nc12. The molecule has 0 aromatic carbocycles. The van der Waals surface area contributed by atoms with Crippen LogP contribution in [-0.2, 0) is 16.1 Å². The molecule has 6 nitrogen and oxygen atoms in total. The van der Waals surface area contributed by atoms with Crippen molar-refractivity contribution in [3.05, 3.63) is 55.7 Å². The van der Waals surface area contributed by atoms with Crippen LogP contribution in [-0.4, -0.2) is 48.1 Å². The van der Waals surface area contributed by atoms with E-state index >= 15 is 0 Å². The number of carbonyl (C=O) groups is 1. The zero-order valence-corrected chi connectivity index (χ0v) is 20.9. The van der Waals surface area contributed by atoms with Gasteiger partial charge in [0.2, 0.25) is 5.91 Å². The molecule has 1 saturated heterocycles. The molecule has 3 N–H and O–H groups in total. The maximum atomic E-state index is 12.9. The molecule has 5 rings (SSSR count). The molecule has 1 fully saturated rings. The Morgan fingerprint density at radius 2 is 2.21 bits per heavy atom. The van der Waals surface area contributed by atoms with E-state index in [-0.39, 0.29) is 17.9 Å². The fourth-order valence-electron chi connectivity index (χ4n) is 4.61. The number of hydrogen-bond donors (Lipinski definition) is 2. The molecular weight excluding hydrogens is 476 g/mol. The molecule has 3 aromatic heterocycles. The number of morpholine rings is 1. The molecule has 0 bridgehead atoms. The average Bonchev–Trinajstić information content (AvgIpc) is 3.46. The first-order chi connectivity index (χ1) is 16.0. The summed E-state index contributed by atoms with van der Waals surface area (Å²) in [6.07, 6.45) is 3.43. The highest BCUT2D eigenvalue weighted by atomic mass is 35.5. The molecule has 9 heteroatoms. The van der Waals surface area contributed by atoms with E-state index in [0.717, 1.165) is 40.0 Å². The van der Waals surface area contributed by atoms with Crippen molar-refractivity contribution in [3.63, 3.8) is 0 Å². The smallest absolute Gasteiger partial charge is 0.249 e. The highest BCUT2D eigenvalue weighted by Crippen LogP contribution is 2.43. The molecule has 2 atom stereocenters. The molecule has 0 unspecified atom stereocenters. The van der Waals surface area contributed by atoms with Gasteiger partial charge in [0.15, 0.2) is 0 Å². The van der Waals surface area contributed by atoms with Gasteiger partial charge in [-0.15, -0.1) is 22.7 Å². The lowest BCUT2D eigenvalue weighted by Gasteiger charge is -2.32. The van der Waals surface area contributed by atoms with Crippen molar-refractivity contribution in [1.82, 2.24) is 9.88 Å². The Balaban J connectivity index is 1.40. The van der Waals surface area contributed by atoms with Gasteiger partial charge >= 0.3 is 0 Å². The second kappa shape index (κ2) is 9.72. The van der Waals surface area contributed by atoms with E-state index in [1.54, 1.807) is 22.7 Å². The molecule has 174 valence electrons. The van der Waals surface area contributed by atoms with Crippen LogP contribution in [0.25, 0.3) is 10.2 Å². The lowest BCUT2D eigenvalue weighted by Crippen LogP contribution is -2.43. The van der Waals surface area contributed by atoms with Crippen LogP contribution in [0.1, 0.15) is 34.1 Å². The van der Waals surface area contributed by atoms with Gasteiger partial charge in [-0.05, 0) is 36.8 Å². The van der Waals surface area contributed by atoms with Crippen LogP contribution in [0.5, 0.6) is 0 Å². The molecule has 4 heterocycles. The van der Waals surface area contributed by atoms with Crippen molar-refractivity contribution in [2.45, 2.75) is 38.3 Å². The number of fused-ring (bicyclic) bond motifs is 1. The monoisotopic (exact) mass is 502 g/mol. The molecule has 2 aliphatic rings. The van der Waals surface area contributed by atoms with E-state index in [9.17, 15) is 4.79 Å². The molecule has 1 aliphatic carbocycles. The van der Waals surface area contributed by atoms with Crippen LogP contribution in [0.15, 0.2) is 35.2 Å². The summed E-state index contributed by atoms with van der Waals surface area (Å²) in [6.45, 7) is 5.36. The Labute approximate surface area is 206 Å². The van der Waals surface area contributed by atoms with E-state index in [2.05, 4.69) is 40.8 Å². The summed E-state index contributed by atoms with van der Waals surface area (Å²) in [6, 6.07) is 5.96. The highest BCUT2D eigenvalue weighted by Gasteiger charge is 2.32. The molecule has 0 spiro atoms. The summed E-state index contributed by atoms with van der Waals surface area (Å²) in [7, 11) is 0. The number of nitrogens with one attached hydrogen (secondary N) is 1. The minimum Gasteiger partial charge on any atom is -0.379 e. The first-order valence-corrected chi connectivity index (χ1v) is 13.3. The van der Waals surface area contributed by atoms with Crippen LogP contribution in [0.2, 0.25) is 5.15 Å². The summed E-state index contributed by atoms with van der Waals surface area (Å²) in [4.78, 5) is 21.9. The van der Waals surface area contributed by atoms with Gasteiger partial charge in [0, 0.05) is 53.0 Å². The van der Waals surface area contributed by atoms with Crippen molar-refractivity contribution in [1.29, 1.82) is 0 Å².